The van der Waals surface area contributed by atoms with Gasteiger partial charge in [0.05, 0.1) is 24.6 Å². The lowest BCUT2D eigenvalue weighted by molar-refractivity contribution is 0.0302. The first kappa shape index (κ1) is 9.36. The Bertz CT molecular complexity index is 344. The highest BCUT2D eigenvalue weighted by molar-refractivity contribution is 6.29. The Morgan fingerprint density at radius 3 is 2.53 bits per heavy atom. The van der Waals surface area contributed by atoms with Gasteiger partial charge < -0.3 is 9.64 Å². The van der Waals surface area contributed by atoms with Crippen molar-refractivity contribution < 1.29 is 4.74 Å². The van der Waals surface area contributed by atoms with Crippen LogP contribution >= 0.6 is 11.6 Å². The molecule has 2 fully saturated rings. The van der Waals surface area contributed by atoms with Crippen molar-refractivity contribution in [2.45, 2.75) is 25.0 Å². The molecule has 5 heteroatoms. The Morgan fingerprint density at radius 1 is 1.20 bits per heavy atom. The van der Waals surface area contributed by atoms with Crippen LogP contribution in [0.2, 0.25) is 5.15 Å². The zero-order chi connectivity index (χ0) is 10.3. The van der Waals surface area contributed by atoms with Gasteiger partial charge in [-0.1, -0.05) is 11.6 Å². The monoisotopic (exact) mass is 225 g/mol. The van der Waals surface area contributed by atoms with Gasteiger partial charge in [-0.2, -0.15) is 0 Å². The Balaban J connectivity index is 1.80. The van der Waals surface area contributed by atoms with Crippen LogP contribution in [-0.2, 0) is 4.74 Å². The summed E-state index contributed by atoms with van der Waals surface area (Å²) in [7, 11) is 0. The van der Waals surface area contributed by atoms with Gasteiger partial charge in [0.15, 0.2) is 0 Å². The topological polar surface area (TPSA) is 38.2 Å². The zero-order valence-electron chi connectivity index (χ0n) is 8.27. The third kappa shape index (κ3) is 1.79. The molecular weight excluding hydrogens is 214 g/mol. The van der Waals surface area contributed by atoms with Crippen LogP contribution in [0.3, 0.4) is 0 Å². The smallest absolute Gasteiger partial charge is 0.147 e. The lowest BCUT2D eigenvalue weighted by Crippen LogP contribution is -2.43. The predicted octanol–water partition coefficient (Wildman–Crippen LogP) is 1.50. The molecule has 3 rings (SSSR count). The maximum absolute atomic E-state index is 5.76. The molecule has 15 heavy (non-hydrogen) atoms. The van der Waals surface area contributed by atoms with Crippen molar-refractivity contribution in [3.63, 3.8) is 0 Å². The van der Waals surface area contributed by atoms with Crippen LogP contribution in [0.1, 0.15) is 12.8 Å². The molecule has 2 unspecified atom stereocenters. The summed E-state index contributed by atoms with van der Waals surface area (Å²) >= 11 is 5.70. The van der Waals surface area contributed by atoms with Crippen LogP contribution in [0.5, 0.6) is 0 Å². The third-order valence-corrected chi connectivity index (χ3v) is 3.17. The molecule has 0 spiro atoms. The number of fused-ring (bicyclic) bond motifs is 2. The number of rotatable bonds is 1. The van der Waals surface area contributed by atoms with Gasteiger partial charge >= 0.3 is 0 Å². The average molecular weight is 226 g/mol. The summed E-state index contributed by atoms with van der Waals surface area (Å²) < 4.78 is 5.76. The molecule has 2 saturated heterocycles. The average Bonchev–Trinajstić information content (AvgIpc) is 2.59. The van der Waals surface area contributed by atoms with Crippen LogP contribution < -0.4 is 4.90 Å². The van der Waals surface area contributed by atoms with Gasteiger partial charge in [0, 0.05) is 13.1 Å². The number of ether oxygens (including phenoxy) is 1. The van der Waals surface area contributed by atoms with E-state index in [4.69, 9.17) is 16.3 Å². The van der Waals surface area contributed by atoms with Crippen molar-refractivity contribution in [3.05, 3.63) is 17.5 Å². The quantitative estimate of drug-likeness (QED) is 0.726. The van der Waals surface area contributed by atoms with Crippen molar-refractivity contribution >= 4 is 17.4 Å². The molecule has 3 heterocycles. The maximum atomic E-state index is 5.76. The summed E-state index contributed by atoms with van der Waals surface area (Å²) in [6, 6.07) is 0. The summed E-state index contributed by atoms with van der Waals surface area (Å²) in [4.78, 5) is 10.6. The molecule has 2 bridgehead atoms. The van der Waals surface area contributed by atoms with Crippen molar-refractivity contribution in [2.75, 3.05) is 18.0 Å². The molecule has 1 aromatic heterocycles. The number of nitrogens with zero attached hydrogens (tertiary/aromatic N) is 3. The SMILES string of the molecule is Clc1cnc(N2CC3CCC(C2)O3)cn1. The van der Waals surface area contributed by atoms with Crippen molar-refractivity contribution in [3.8, 4) is 0 Å². The molecule has 0 radical (unpaired) electrons. The second kappa shape index (κ2) is 3.61. The number of hydrogen-bond acceptors (Lipinski definition) is 4. The van der Waals surface area contributed by atoms with E-state index in [1.54, 1.807) is 12.4 Å². The fourth-order valence-corrected chi connectivity index (χ4v) is 2.37. The first-order chi connectivity index (χ1) is 7.31. The van der Waals surface area contributed by atoms with Gasteiger partial charge in [0.1, 0.15) is 11.0 Å². The van der Waals surface area contributed by atoms with E-state index in [0.717, 1.165) is 18.9 Å². The summed E-state index contributed by atoms with van der Waals surface area (Å²) in [5.41, 5.74) is 0. The minimum absolute atomic E-state index is 0.376. The molecular formula is C10H12ClN3O. The standard InChI is InChI=1S/C10H12ClN3O/c11-9-3-13-10(4-12-9)14-5-7-1-2-8(6-14)15-7/h3-4,7-8H,1-2,5-6H2. The number of anilines is 1. The number of halogens is 1. The fourth-order valence-electron chi connectivity index (χ4n) is 2.27. The third-order valence-electron chi connectivity index (χ3n) is 2.97. The van der Waals surface area contributed by atoms with Gasteiger partial charge in [-0.3, -0.25) is 0 Å². The zero-order valence-corrected chi connectivity index (χ0v) is 9.02. The number of morpholine rings is 1. The van der Waals surface area contributed by atoms with Gasteiger partial charge in [-0.25, -0.2) is 9.97 Å². The lowest BCUT2D eigenvalue weighted by atomic mass is 10.2. The number of hydrogen-bond donors (Lipinski definition) is 0. The molecule has 80 valence electrons. The first-order valence-corrected chi connectivity index (χ1v) is 5.57. The highest BCUT2D eigenvalue weighted by atomic mass is 35.5. The van der Waals surface area contributed by atoms with E-state index in [0.29, 0.717) is 17.4 Å². The van der Waals surface area contributed by atoms with Crippen LogP contribution in [0.25, 0.3) is 0 Å². The maximum Gasteiger partial charge on any atom is 0.147 e. The fraction of sp³-hybridized carbons (Fsp3) is 0.600. The Kier molecular flexibility index (Phi) is 2.25. The summed E-state index contributed by atoms with van der Waals surface area (Å²) in [5.74, 6) is 0.902. The first-order valence-electron chi connectivity index (χ1n) is 5.19. The van der Waals surface area contributed by atoms with Crippen molar-refractivity contribution in [1.29, 1.82) is 0 Å². The highest BCUT2D eigenvalue weighted by Gasteiger charge is 2.34. The molecule has 4 nitrogen and oxygen atoms in total. The molecule has 0 amide bonds. The second-order valence-corrected chi connectivity index (χ2v) is 4.45. The molecule has 0 aromatic carbocycles. The van der Waals surface area contributed by atoms with Gasteiger partial charge in [-0.05, 0) is 12.8 Å². The molecule has 2 aliphatic rings. The van der Waals surface area contributed by atoms with Crippen LogP contribution in [0.15, 0.2) is 12.4 Å². The summed E-state index contributed by atoms with van der Waals surface area (Å²) in [6.07, 6.45) is 6.41. The van der Waals surface area contributed by atoms with E-state index >= 15 is 0 Å². The van der Waals surface area contributed by atoms with Crippen LogP contribution in [0.4, 0.5) is 5.82 Å². The van der Waals surface area contributed by atoms with Crippen molar-refractivity contribution in [2.24, 2.45) is 0 Å². The van der Waals surface area contributed by atoms with E-state index < -0.39 is 0 Å². The molecule has 0 aliphatic carbocycles. The molecule has 0 N–H and O–H groups in total. The molecule has 1 aromatic rings. The lowest BCUT2D eigenvalue weighted by Gasteiger charge is -2.32. The Hall–Kier alpha value is -0.870. The number of aromatic nitrogens is 2. The Morgan fingerprint density at radius 2 is 1.93 bits per heavy atom. The van der Waals surface area contributed by atoms with E-state index in [2.05, 4.69) is 14.9 Å². The van der Waals surface area contributed by atoms with Crippen LogP contribution in [-0.4, -0.2) is 35.3 Å². The molecule has 0 saturated carbocycles. The van der Waals surface area contributed by atoms with E-state index in [9.17, 15) is 0 Å². The molecule has 2 atom stereocenters. The molecule has 2 aliphatic heterocycles. The highest BCUT2D eigenvalue weighted by Crippen LogP contribution is 2.28. The van der Waals surface area contributed by atoms with Gasteiger partial charge in [0.25, 0.3) is 0 Å². The van der Waals surface area contributed by atoms with E-state index in [1.807, 2.05) is 0 Å². The second-order valence-electron chi connectivity index (χ2n) is 4.06. The largest absolute Gasteiger partial charge is 0.371 e. The normalized spacial score (nSPS) is 29.5. The van der Waals surface area contributed by atoms with Crippen LogP contribution in [0, 0.1) is 0 Å². The summed E-state index contributed by atoms with van der Waals surface area (Å²) in [6.45, 7) is 1.85. The summed E-state index contributed by atoms with van der Waals surface area (Å²) in [5, 5.41) is 0.440. The van der Waals surface area contributed by atoms with Gasteiger partial charge in [0.2, 0.25) is 0 Å². The minimum atomic E-state index is 0.376. The van der Waals surface area contributed by atoms with E-state index in [1.165, 1.54) is 12.8 Å². The predicted molar refractivity (Wildman–Crippen MR) is 57.2 cm³/mol. The minimum Gasteiger partial charge on any atom is -0.371 e. The van der Waals surface area contributed by atoms with E-state index in [-0.39, 0.29) is 0 Å². The Labute approximate surface area is 93.2 Å². The van der Waals surface area contributed by atoms with Crippen molar-refractivity contribution in [1.82, 2.24) is 9.97 Å². The van der Waals surface area contributed by atoms with Gasteiger partial charge in [-0.15, -0.1) is 0 Å².